The summed E-state index contributed by atoms with van der Waals surface area (Å²) < 4.78 is 0. The Labute approximate surface area is 127 Å². The van der Waals surface area contributed by atoms with Crippen molar-refractivity contribution in [1.29, 1.82) is 0 Å². The molecule has 0 bridgehead atoms. The van der Waals surface area contributed by atoms with E-state index in [1.807, 2.05) is 58.0 Å². The molecule has 0 amide bonds. The van der Waals surface area contributed by atoms with Crippen LogP contribution in [0, 0.1) is 6.92 Å². The second-order valence-corrected chi connectivity index (χ2v) is 6.42. The molecule has 21 heavy (non-hydrogen) atoms. The maximum Gasteiger partial charge on any atom is 0.123 e. The standard InChI is InChI=1S/C19H24O2/c1-15-11-13-17(14-12-15)19(4,5)21-20-18(2,3)16-9-7-6-8-10-16/h6-14H,1-5H3. The Kier molecular flexibility index (Phi) is 4.50. The number of hydrogen-bond acceptors (Lipinski definition) is 2. The van der Waals surface area contributed by atoms with E-state index in [0.29, 0.717) is 0 Å². The minimum Gasteiger partial charge on any atom is -0.225 e. The fraction of sp³-hybridized carbons (Fsp3) is 0.368. The van der Waals surface area contributed by atoms with Gasteiger partial charge in [-0.2, -0.15) is 0 Å². The summed E-state index contributed by atoms with van der Waals surface area (Å²) in [5.41, 5.74) is 2.42. The zero-order chi connectivity index (χ0) is 15.5. The summed E-state index contributed by atoms with van der Waals surface area (Å²) in [5, 5.41) is 0. The van der Waals surface area contributed by atoms with E-state index in [1.165, 1.54) is 5.56 Å². The Morgan fingerprint density at radius 3 is 1.52 bits per heavy atom. The van der Waals surface area contributed by atoms with E-state index < -0.39 is 11.2 Å². The largest absolute Gasteiger partial charge is 0.225 e. The van der Waals surface area contributed by atoms with Crippen molar-refractivity contribution >= 4 is 0 Å². The lowest BCUT2D eigenvalue weighted by molar-refractivity contribution is -0.410. The van der Waals surface area contributed by atoms with Gasteiger partial charge in [-0.1, -0.05) is 60.2 Å². The molecule has 2 rings (SSSR count). The minimum absolute atomic E-state index is 0.497. The van der Waals surface area contributed by atoms with Crippen LogP contribution in [0.5, 0.6) is 0 Å². The van der Waals surface area contributed by atoms with Gasteiger partial charge in [-0.3, -0.25) is 0 Å². The van der Waals surface area contributed by atoms with Crippen LogP contribution in [0.3, 0.4) is 0 Å². The van der Waals surface area contributed by atoms with Crippen LogP contribution in [-0.2, 0) is 21.0 Å². The Morgan fingerprint density at radius 2 is 1.05 bits per heavy atom. The molecule has 0 aliphatic heterocycles. The minimum atomic E-state index is -0.500. The van der Waals surface area contributed by atoms with Crippen LogP contribution in [0.1, 0.15) is 44.4 Å². The molecule has 0 atom stereocenters. The summed E-state index contributed by atoms with van der Waals surface area (Å²) in [6.07, 6.45) is 0. The first-order valence-corrected chi connectivity index (χ1v) is 7.31. The maximum atomic E-state index is 5.77. The van der Waals surface area contributed by atoms with E-state index in [2.05, 4.69) is 31.2 Å². The molecule has 0 N–H and O–H groups in total. The van der Waals surface area contributed by atoms with Gasteiger partial charge in [0.2, 0.25) is 0 Å². The van der Waals surface area contributed by atoms with Gasteiger partial charge >= 0.3 is 0 Å². The first kappa shape index (κ1) is 15.7. The molecule has 2 heteroatoms. The lowest BCUT2D eigenvalue weighted by Gasteiger charge is -2.31. The Bertz CT molecular complexity index is 568. The highest BCUT2D eigenvalue weighted by Gasteiger charge is 2.29. The molecular weight excluding hydrogens is 260 g/mol. The Hall–Kier alpha value is -1.64. The normalized spacial score (nSPS) is 12.4. The summed E-state index contributed by atoms with van der Waals surface area (Å²) in [6.45, 7) is 10.1. The zero-order valence-corrected chi connectivity index (χ0v) is 13.5. The third kappa shape index (κ3) is 3.93. The smallest absolute Gasteiger partial charge is 0.123 e. The molecule has 0 aliphatic carbocycles. The van der Waals surface area contributed by atoms with E-state index in [0.717, 1.165) is 11.1 Å². The SMILES string of the molecule is Cc1ccc(C(C)(C)OOC(C)(C)c2ccccc2)cc1. The predicted molar refractivity (Wildman–Crippen MR) is 85.8 cm³/mol. The third-order valence-corrected chi connectivity index (χ3v) is 3.67. The highest BCUT2D eigenvalue weighted by atomic mass is 17.2. The second-order valence-electron chi connectivity index (χ2n) is 6.42. The van der Waals surface area contributed by atoms with Gasteiger partial charge in [-0.15, -0.1) is 0 Å². The second kappa shape index (κ2) is 6.00. The van der Waals surface area contributed by atoms with Crippen LogP contribution < -0.4 is 0 Å². The first-order valence-electron chi connectivity index (χ1n) is 7.31. The number of benzene rings is 2. The molecule has 0 aliphatic rings. The molecule has 0 aromatic heterocycles. The highest BCUT2D eigenvalue weighted by Crippen LogP contribution is 2.31. The molecule has 0 fully saturated rings. The van der Waals surface area contributed by atoms with Crippen LogP contribution in [0.25, 0.3) is 0 Å². The van der Waals surface area contributed by atoms with E-state index in [-0.39, 0.29) is 0 Å². The van der Waals surface area contributed by atoms with Crippen LogP contribution >= 0.6 is 0 Å². The van der Waals surface area contributed by atoms with Gasteiger partial charge in [0.25, 0.3) is 0 Å². The van der Waals surface area contributed by atoms with Crippen LogP contribution in [-0.4, -0.2) is 0 Å². The summed E-state index contributed by atoms with van der Waals surface area (Å²) in [6, 6.07) is 18.4. The van der Waals surface area contributed by atoms with Crippen molar-refractivity contribution in [2.45, 2.75) is 45.8 Å². The quantitative estimate of drug-likeness (QED) is 0.561. The monoisotopic (exact) mass is 284 g/mol. The summed E-state index contributed by atoms with van der Waals surface area (Å²) in [7, 11) is 0. The topological polar surface area (TPSA) is 18.5 Å². The predicted octanol–water partition coefficient (Wildman–Crippen LogP) is 5.11. The van der Waals surface area contributed by atoms with Crippen LogP contribution in [0.4, 0.5) is 0 Å². The van der Waals surface area contributed by atoms with E-state index >= 15 is 0 Å². The molecule has 0 saturated carbocycles. The van der Waals surface area contributed by atoms with Gasteiger partial charge in [-0.25, -0.2) is 9.78 Å². The van der Waals surface area contributed by atoms with Gasteiger partial charge in [0.1, 0.15) is 11.2 Å². The van der Waals surface area contributed by atoms with Gasteiger partial charge in [0.05, 0.1) is 0 Å². The third-order valence-electron chi connectivity index (χ3n) is 3.67. The van der Waals surface area contributed by atoms with Crippen molar-refractivity contribution in [2.75, 3.05) is 0 Å². The van der Waals surface area contributed by atoms with Crippen molar-refractivity contribution in [3.8, 4) is 0 Å². The van der Waals surface area contributed by atoms with Crippen molar-refractivity contribution in [2.24, 2.45) is 0 Å². The first-order chi connectivity index (χ1) is 9.81. The van der Waals surface area contributed by atoms with E-state index in [1.54, 1.807) is 0 Å². The molecule has 2 aromatic carbocycles. The Balaban J connectivity index is 2.09. The van der Waals surface area contributed by atoms with Crippen LogP contribution in [0.15, 0.2) is 54.6 Å². The molecular formula is C19H24O2. The summed E-state index contributed by atoms with van der Waals surface area (Å²) in [4.78, 5) is 11.5. The zero-order valence-electron chi connectivity index (χ0n) is 13.5. The fourth-order valence-electron chi connectivity index (χ4n) is 2.10. The molecule has 0 spiro atoms. The number of rotatable bonds is 5. The molecule has 0 heterocycles. The molecule has 2 nitrogen and oxygen atoms in total. The molecule has 2 aromatic rings. The molecule has 0 unspecified atom stereocenters. The van der Waals surface area contributed by atoms with Gasteiger partial charge in [-0.05, 0) is 45.7 Å². The number of aryl methyl sites for hydroxylation is 1. The lowest BCUT2D eigenvalue weighted by atomic mass is 9.97. The van der Waals surface area contributed by atoms with E-state index in [9.17, 15) is 0 Å². The fourth-order valence-corrected chi connectivity index (χ4v) is 2.10. The average Bonchev–Trinajstić information content (AvgIpc) is 2.47. The van der Waals surface area contributed by atoms with E-state index in [4.69, 9.17) is 9.78 Å². The lowest BCUT2D eigenvalue weighted by Crippen LogP contribution is -2.29. The highest BCUT2D eigenvalue weighted by molar-refractivity contribution is 5.25. The van der Waals surface area contributed by atoms with Crippen molar-refractivity contribution in [3.63, 3.8) is 0 Å². The van der Waals surface area contributed by atoms with Gasteiger partial charge < -0.3 is 0 Å². The Morgan fingerprint density at radius 1 is 0.619 bits per heavy atom. The van der Waals surface area contributed by atoms with Gasteiger partial charge in [0, 0.05) is 0 Å². The molecule has 0 saturated heterocycles. The van der Waals surface area contributed by atoms with Crippen molar-refractivity contribution in [1.82, 2.24) is 0 Å². The van der Waals surface area contributed by atoms with Gasteiger partial charge in [0.15, 0.2) is 0 Å². The average molecular weight is 284 g/mol. The summed E-state index contributed by atoms with van der Waals surface area (Å²) in [5.74, 6) is 0. The molecule has 0 radical (unpaired) electrons. The molecule has 112 valence electrons. The summed E-state index contributed by atoms with van der Waals surface area (Å²) >= 11 is 0. The maximum absolute atomic E-state index is 5.77. The number of hydrogen-bond donors (Lipinski definition) is 0. The van der Waals surface area contributed by atoms with Crippen LogP contribution in [0.2, 0.25) is 0 Å². The van der Waals surface area contributed by atoms with Crippen molar-refractivity contribution < 1.29 is 9.78 Å². The van der Waals surface area contributed by atoms with Crippen molar-refractivity contribution in [3.05, 3.63) is 71.3 Å².